The molecule has 0 radical (unpaired) electrons. The van der Waals surface area contributed by atoms with Gasteiger partial charge in [-0.05, 0) is 12.1 Å². The van der Waals surface area contributed by atoms with Crippen LogP contribution in [0.25, 0.3) is 0 Å². The quantitative estimate of drug-likeness (QED) is 0.589. The van der Waals surface area contributed by atoms with Crippen LogP contribution in [0.15, 0.2) is 17.0 Å². The number of aromatic carboxylic acids is 1. The van der Waals surface area contributed by atoms with Crippen molar-refractivity contribution in [3.63, 3.8) is 0 Å². The lowest BCUT2D eigenvalue weighted by Crippen LogP contribution is -1.98. The van der Waals surface area contributed by atoms with E-state index in [-0.39, 0.29) is 16.0 Å². The number of carboxylic acids is 1. The molecule has 66 valence electrons. The van der Waals surface area contributed by atoms with Crippen LogP contribution in [0.5, 0.6) is 5.75 Å². The highest BCUT2D eigenvalue weighted by Gasteiger charge is 2.13. The summed E-state index contributed by atoms with van der Waals surface area (Å²) in [6.07, 6.45) is 0. The summed E-state index contributed by atoms with van der Waals surface area (Å²) >= 11 is 3.82. The lowest BCUT2D eigenvalue weighted by Gasteiger charge is -2.02. The second-order valence-corrected chi connectivity index (χ2v) is 2.79. The first kappa shape index (κ1) is 9.42. The van der Waals surface area contributed by atoms with Crippen molar-refractivity contribution in [3.05, 3.63) is 23.3 Å². The van der Waals surface area contributed by atoms with Gasteiger partial charge in [0, 0.05) is 4.90 Å². The number of benzene rings is 1. The van der Waals surface area contributed by atoms with Crippen molar-refractivity contribution in [2.45, 2.75) is 4.90 Å². The summed E-state index contributed by atoms with van der Waals surface area (Å²) in [6, 6.07) is 4.16. The molecule has 13 heavy (non-hydrogen) atoms. The van der Waals surface area contributed by atoms with Crippen molar-refractivity contribution in [2.24, 2.45) is 0 Å². The zero-order valence-electron chi connectivity index (χ0n) is 6.35. The number of thiol groups is 1. The van der Waals surface area contributed by atoms with E-state index in [1.165, 1.54) is 6.07 Å². The number of carboxylic acid groups (broad SMARTS) is 1. The molecule has 0 aliphatic carbocycles. The minimum atomic E-state index is -1.29. The van der Waals surface area contributed by atoms with Crippen LogP contribution in [-0.2, 0) is 0 Å². The van der Waals surface area contributed by atoms with Gasteiger partial charge in [0.25, 0.3) is 0 Å². The van der Waals surface area contributed by atoms with Gasteiger partial charge in [0.15, 0.2) is 0 Å². The number of hydrogen-bond acceptors (Lipinski definition) is 4. The molecule has 0 saturated heterocycles. The van der Waals surface area contributed by atoms with Crippen LogP contribution in [0.1, 0.15) is 15.9 Å². The third-order valence-corrected chi connectivity index (χ3v) is 1.79. The summed E-state index contributed by atoms with van der Waals surface area (Å²) in [5.41, 5.74) is -0.163. The maximum Gasteiger partial charge on any atom is 0.339 e. The number of hydrogen-bond donors (Lipinski definition) is 3. The van der Waals surface area contributed by atoms with Crippen LogP contribution in [0.3, 0.4) is 0 Å². The van der Waals surface area contributed by atoms with Gasteiger partial charge < -0.3 is 10.2 Å². The summed E-state index contributed by atoms with van der Waals surface area (Å²) in [5, 5.41) is 26.3. The summed E-state index contributed by atoms with van der Waals surface area (Å²) in [6.45, 7) is 0. The molecule has 4 nitrogen and oxygen atoms in total. The third-order valence-electron chi connectivity index (χ3n) is 1.45. The SMILES string of the molecule is N#Cc1cc(S)c(O)c(C(=O)O)c1. The van der Waals surface area contributed by atoms with E-state index in [4.69, 9.17) is 10.4 Å². The molecule has 0 aliphatic heterocycles. The predicted octanol–water partition coefficient (Wildman–Crippen LogP) is 1.25. The molecule has 5 heteroatoms. The highest BCUT2D eigenvalue weighted by atomic mass is 32.1. The third kappa shape index (κ3) is 1.73. The van der Waals surface area contributed by atoms with E-state index in [1.54, 1.807) is 6.07 Å². The van der Waals surface area contributed by atoms with Gasteiger partial charge in [-0.25, -0.2) is 4.79 Å². The molecule has 0 aromatic heterocycles. The fourth-order valence-corrected chi connectivity index (χ4v) is 1.11. The average molecular weight is 195 g/mol. The average Bonchev–Trinajstić information content (AvgIpc) is 2.09. The van der Waals surface area contributed by atoms with Gasteiger partial charge in [-0.2, -0.15) is 5.26 Å². The van der Waals surface area contributed by atoms with E-state index in [0.29, 0.717) is 0 Å². The number of aromatic hydroxyl groups is 1. The largest absolute Gasteiger partial charge is 0.506 e. The maximum atomic E-state index is 10.5. The van der Waals surface area contributed by atoms with Gasteiger partial charge in [-0.1, -0.05) is 0 Å². The summed E-state index contributed by atoms with van der Waals surface area (Å²) in [7, 11) is 0. The van der Waals surface area contributed by atoms with Gasteiger partial charge in [0.05, 0.1) is 11.6 Å². The Hall–Kier alpha value is -1.67. The van der Waals surface area contributed by atoms with E-state index in [0.717, 1.165) is 6.07 Å². The van der Waals surface area contributed by atoms with Crippen LogP contribution in [-0.4, -0.2) is 16.2 Å². The Morgan fingerprint density at radius 3 is 2.62 bits per heavy atom. The van der Waals surface area contributed by atoms with Crippen molar-refractivity contribution < 1.29 is 15.0 Å². The van der Waals surface area contributed by atoms with Crippen molar-refractivity contribution in [2.75, 3.05) is 0 Å². The first-order chi connectivity index (χ1) is 6.06. The van der Waals surface area contributed by atoms with Gasteiger partial charge in [0.1, 0.15) is 11.3 Å². The van der Waals surface area contributed by atoms with Crippen molar-refractivity contribution in [1.82, 2.24) is 0 Å². The second-order valence-electron chi connectivity index (χ2n) is 2.31. The zero-order chi connectivity index (χ0) is 10.0. The zero-order valence-corrected chi connectivity index (χ0v) is 7.25. The molecular weight excluding hydrogens is 190 g/mol. The molecule has 1 rings (SSSR count). The monoisotopic (exact) mass is 195 g/mol. The molecule has 0 fully saturated rings. The summed E-state index contributed by atoms with van der Waals surface area (Å²) in [5.74, 6) is -1.71. The number of phenols is 1. The lowest BCUT2D eigenvalue weighted by atomic mass is 10.1. The molecule has 0 heterocycles. The first-order valence-electron chi connectivity index (χ1n) is 3.25. The number of nitriles is 1. The molecule has 1 aromatic carbocycles. The van der Waals surface area contributed by atoms with Crippen molar-refractivity contribution >= 4 is 18.6 Å². The molecule has 0 unspecified atom stereocenters. The molecule has 0 atom stereocenters. The van der Waals surface area contributed by atoms with Crippen LogP contribution < -0.4 is 0 Å². The summed E-state index contributed by atoms with van der Waals surface area (Å²) in [4.78, 5) is 10.6. The Morgan fingerprint density at radius 1 is 1.54 bits per heavy atom. The highest BCUT2D eigenvalue weighted by Crippen LogP contribution is 2.27. The highest BCUT2D eigenvalue weighted by molar-refractivity contribution is 7.80. The van der Waals surface area contributed by atoms with Crippen LogP contribution in [0.2, 0.25) is 0 Å². The fraction of sp³-hybridized carbons (Fsp3) is 0. The standard InChI is InChI=1S/C8H5NO3S/c9-3-4-1-5(8(11)12)7(10)6(13)2-4/h1-2,10,13H,(H,11,12). The Balaban J connectivity index is 3.44. The molecule has 0 saturated carbocycles. The molecule has 0 spiro atoms. The van der Waals surface area contributed by atoms with E-state index in [9.17, 15) is 9.90 Å². The molecule has 1 aromatic rings. The predicted molar refractivity (Wildman–Crippen MR) is 47.0 cm³/mol. The van der Waals surface area contributed by atoms with Gasteiger partial charge in [0.2, 0.25) is 0 Å². The Morgan fingerprint density at radius 2 is 2.15 bits per heavy atom. The summed E-state index contributed by atoms with van der Waals surface area (Å²) < 4.78 is 0. The van der Waals surface area contributed by atoms with E-state index in [2.05, 4.69) is 12.6 Å². The van der Waals surface area contributed by atoms with Crippen LogP contribution in [0.4, 0.5) is 0 Å². The number of nitrogens with zero attached hydrogens (tertiary/aromatic N) is 1. The lowest BCUT2D eigenvalue weighted by molar-refractivity contribution is 0.0693. The van der Waals surface area contributed by atoms with Crippen molar-refractivity contribution in [3.8, 4) is 11.8 Å². The minimum absolute atomic E-state index is 0.0800. The van der Waals surface area contributed by atoms with E-state index in [1.807, 2.05) is 0 Å². The molecule has 0 amide bonds. The smallest absolute Gasteiger partial charge is 0.339 e. The molecule has 0 bridgehead atoms. The fourth-order valence-electron chi connectivity index (χ4n) is 0.847. The van der Waals surface area contributed by atoms with Gasteiger partial charge in [-0.3, -0.25) is 0 Å². The Bertz CT molecular complexity index is 409. The topological polar surface area (TPSA) is 81.3 Å². The second kappa shape index (κ2) is 3.37. The number of rotatable bonds is 1. The van der Waals surface area contributed by atoms with Gasteiger partial charge in [-0.15, -0.1) is 12.6 Å². The van der Waals surface area contributed by atoms with E-state index >= 15 is 0 Å². The first-order valence-corrected chi connectivity index (χ1v) is 3.70. The molecule has 0 aliphatic rings. The van der Waals surface area contributed by atoms with E-state index < -0.39 is 11.7 Å². The minimum Gasteiger partial charge on any atom is -0.506 e. The number of carbonyl (C=O) groups is 1. The van der Waals surface area contributed by atoms with Crippen LogP contribution >= 0.6 is 12.6 Å². The van der Waals surface area contributed by atoms with Crippen molar-refractivity contribution in [1.29, 1.82) is 5.26 Å². The molecular formula is C8H5NO3S. The normalized spacial score (nSPS) is 9.23. The Kier molecular flexibility index (Phi) is 2.44. The molecule has 2 N–H and O–H groups in total. The van der Waals surface area contributed by atoms with Gasteiger partial charge >= 0.3 is 5.97 Å². The maximum absolute atomic E-state index is 10.5. The van der Waals surface area contributed by atoms with Crippen LogP contribution in [0, 0.1) is 11.3 Å². The Labute approximate surface area is 79.5 Å².